The Bertz CT molecular complexity index is 771. The number of carbonyl (C=O) groups excluding carboxylic acids is 1. The number of hydrogen-bond donors (Lipinski definition) is 0. The van der Waals surface area contributed by atoms with Crippen molar-refractivity contribution < 1.29 is 18.4 Å². The molecule has 0 aromatic heterocycles. The first-order valence-corrected chi connectivity index (χ1v) is 8.82. The molecule has 5 unspecified atom stereocenters. The Hall–Kier alpha value is -1.44. The van der Waals surface area contributed by atoms with E-state index in [1.54, 1.807) is 6.08 Å². The van der Waals surface area contributed by atoms with Crippen LogP contribution in [-0.2, 0) is 18.4 Å². The molecule has 22 heavy (non-hydrogen) atoms. The van der Waals surface area contributed by atoms with Crippen LogP contribution in [0.3, 0.4) is 0 Å². The van der Waals surface area contributed by atoms with Crippen LogP contribution in [-0.4, -0.2) is 25.2 Å². The molecule has 5 heteroatoms. The summed E-state index contributed by atoms with van der Waals surface area (Å²) in [5.41, 5.74) is 4.93. The molecule has 0 aliphatic heterocycles. The van der Waals surface area contributed by atoms with Gasteiger partial charge in [0.15, 0.2) is 0 Å². The van der Waals surface area contributed by atoms with Crippen molar-refractivity contribution >= 4 is 13.4 Å². The molecule has 0 bridgehead atoms. The van der Waals surface area contributed by atoms with Gasteiger partial charge in [0.05, 0.1) is 11.1 Å². The highest BCUT2D eigenvalue weighted by Crippen LogP contribution is 2.91. The zero-order chi connectivity index (χ0) is 15.7. The van der Waals surface area contributed by atoms with E-state index >= 15 is 0 Å². The highest BCUT2D eigenvalue weighted by molar-refractivity contribution is 7.56. The van der Waals surface area contributed by atoms with E-state index in [0.29, 0.717) is 0 Å². The lowest BCUT2D eigenvalue weighted by Gasteiger charge is -2.28. The van der Waals surface area contributed by atoms with E-state index in [1.807, 2.05) is 24.3 Å². The van der Waals surface area contributed by atoms with Crippen LogP contribution in [0.15, 0.2) is 42.7 Å². The molecule has 3 aliphatic carbocycles. The van der Waals surface area contributed by atoms with Gasteiger partial charge in [0.1, 0.15) is 5.78 Å². The minimum absolute atomic E-state index is 0.0543. The van der Waals surface area contributed by atoms with Crippen molar-refractivity contribution in [3.63, 3.8) is 0 Å². The van der Waals surface area contributed by atoms with Gasteiger partial charge in [0, 0.05) is 32.0 Å². The summed E-state index contributed by atoms with van der Waals surface area (Å²) in [7, 11) is -0.582. The van der Waals surface area contributed by atoms with Crippen LogP contribution in [0.2, 0.25) is 0 Å². The van der Waals surface area contributed by atoms with Crippen LogP contribution in [0.5, 0.6) is 0 Å². The van der Waals surface area contributed by atoms with Gasteiger partial charge < -0.3 is 9.05 Å². The number of allylic oxidation sites excluding steroid dienone is 1. The summed E-state index contributed by atoms with van der Waals surface area (Å²) < 4.78 is 24.0. The second kappa shape index (κ2) is 4.31. The number of carbonyl (C=O) groups is 1. The Morgan fingerprint density at radius 2 is 1.77 bits per heavy atom. The Kier molecular flexibility index (Phi) is 2.77. The van der Waals surface area contributed by atoms with Gasteiger partial charge in [-0.1, -0.05) is 30.8 Å². The van der Waals surface area contributed by atoms with Crippen molar-refractivity contribution in [2.45, 2.75) is 17.0 Å². The maximum absolute atomic E-state index is 13.3. The predicted molar refractivity (Wildman–Crippen MR) is 82.0 cm³/mol. The predicted octanol–water partition coefficient (Wildman–Crippen LogP) is 3.26. The zero-order valence-electron chi connectivity index (χ0n) is 12.5. The molecule has 0 amide bonds. The highest BCUT2D eigenvalue weighted by Gasteiger charge is 2.89. The summed E-state index contributed by atoms with van der Waals surface area (Å²) >= 11 is 0. The van der Waals surface area contributed by atoms with Crippen LogP contribution < -0.4 is 0 Å². The third kappa shape index (κ3) is 1.25. The molecule has 3 aliphatic rings. The maximum atomic E-state index is 13.3. The standard InChI is InChI=1S/C17H17O4P/c1-4-7-12-13-10-8-5-6-9-11(10)14-15(16(12)18)17(13,14)22(19,20-2)21-3/h5-9,12-15H,1H2,2-3H3. The van der Waals surface area contributed by atoms with Gasteiger partial charge >= 0.3 is 7.60 Å². The van der Waals surface area contributed by atoms with E-state index in [2.05, 4.69) is 12.3 Å². The second-order valence-corrected chi connectivity index (χ2v) is 8.61. The fourth-order valence-electron chi connectivity index (χ4n) is 4.99. The van der Waals surface area contributed by atoms with E-state index < -0.39 is 12.8 Å². The first-order chi connectivity index (χ1) is 10.6. The fourth-order valence-corrected chi connectivity index (χ4v) is 7.58. The average molecular weight is 316 g/mol. The molecular formula is C17H17O4P. The molecule has 5 atom stereocenters. The summed E-state index contributed by atoms with van der Waals surface area (Å²) in [4.78, 5) is 12.8. The Balaban J connectivity index is 1.99. The molecule has 0 saturated heterocycles. The third-order valence-corrected chi connectivity index (χ3v) is 8.38. The average Bonchev–Trinajstić information content (AvgIpc) is 3.09. The minimum atomic E-state index is -3.39. The summed E-state index contributed by atoms with van der Waals surface area (Å²) in [6, 6.07) is 7.95. The lowest BCUT2D eigenvalue weighted by atomic mass is 9.88. The molecule has 4 nitrogen and oxygen atoms in total. The summed E-state index contributed by atoms with van der Waals surface area (Å²) in [6.45, 7) is 3.60. The number of hydrogen-bond acceptors (Lipinski definition) is 4. The van der Waals surface area contributed by atoms with E-state index in [1.165, 1.54) is 14.2 Å². The van der Waals surface area contributed by atoms with Crippen LogP contribution in [0, 0.1) is 11.8 Å². The van der Waals surface area contributed by atoms with Gasteiger partial charge in [-0.2, -0.15) is 0 Å². The monoisotopic (exact) mass is 316 g/mol. The van der Waals surface area contributed by atoms with Gasteiger partial charge in [-0.25, -0.2) is 0 Å². The SMILES string of the molecule is C=C=CC1C(=O)C2C3c4ccccc4C1C23P(=O)(OC)OC. The molecular weight excluding hydrogens is 299 g/mol. The largest absolute Gasteiger partial charge is 0.338 e. The van der Waals surface area contributed by atoms with Crippen molar-refractivity contribution in [1.29, 1.82) is 0 Å². The van der Waals surface area contributed by atoms with Gasteiger partial charge in [0.25, 0.3) is 0 Å². The summed E-state index contributed by atoms with van der Waals surface area (Å²) in [5.74, 6) is -0.752. The fraction of sp³-hybridized carbons (Fsp3) is 0.412. The molecule has 1 aromatic rings. The van der Waals surface area contributed by atoms with Crippen molar-refractivity contribution in [1.82, 2.24) is 0 Å². The van der Waals surface area contributed by atoms with Gasteiger partial charge in [0.2, 0.25) is 0 Å². The second-order valence-electron chi connectivity index (χ2n) is 6.11. The Morgan fingerprint density at radius 1 is 1.18 bits per heavy atom. The normalized spacial score (nSPS) is 37.5. The first-order valence-electron chi connectivity index (χ1n) is 7.28. The summed E-state index contributed by atoms with van der Waals surface area (Å²) in [5, 5.41) is -0.741. The highest BCUT2D eigenvalue weighted by atomic mass is 31.2. The van der Waals surface area contributed by atoms with Gasteiger partial charge in [-0.15, -0.1) is 5.73 Å². The zero-order valence-corrected chi connectivity index (χ0v) is 13.4. The molecule has 2 saturated carbocycles. The van der Waals surface area contributed by atoms with Gasteiger partial charge in [-0.3, -0.25) is 9.36 Å². The van der Waals surface area contributed by atoms with Crippen molar-refractivity contribution in [3.05, 3.63) is 53.8 Å². The van der Waals surface area contributed by atoms with Crippen LogP contribution in [0.25, 0.3) is 0 Å². The molecule has 1 aromatic carbocycles. The molecule has 0 radical (unpaired) electrons. The quantitative estimate of drug-likeness (QED) is 0.632. The number of rotatable bonds is 4. The van der Waals surface area contributed by atoms with E-state index in [9.17, 15) is 9.36 Å². The minimum Gasteiger partial charge on any atom is -0.312 e. The van der Waals surface area contributed by atoms with Gasteiger partial charge in [-0.05, 0) is 17.2 Å². The van der Waals surface area contributed by atoms with E-state index in [-0.39, 0.29) is 29.5 Å². The first kappa shape index (κ1) is 14.2. The van der Waals surface area contributed by atoms with Crippen molar-refractivity contribution in [2.24, 2.45) is 11.8 Å². The Labute approximate surface area is 129 Å². The van der Waals surface area contributed by atoms with Crippen molar-refractivity contribution in [2.75, 3.05) is 14.2 Å². The summed E-state index contributed by atoms with van der Waals surface area (Å²) in [6.07, 6.45) is 1.70. The molecule has 0 heterocycles. The van der Waals surface area contributed by atoms with Crippen LogP contribution >= 0.6 is 7.60 Å². The lowest BCUT2D eigenvalue weighted by molar-refractivity contribution is -0.121. The number of benzene rings is 1. The molecule has 2 fully saturated rings. The lowest BCUT2D eigenvalue weighted by Crippen LogP contribution is -2.23. The Morgan fingerprint density at radius 3 is 2.32 bits per heavy atom. The van der Waals surface area contributed by atoms with E-state index in [4.69, 9.17) is 9.05 Å². The number of fused-ring (bicyclic) bond motifs is 4. The number of ketones is 1. The third-order valence-electron chi connectivity index (χ3n) is 5.63. The smallest absolute Gasteiger partial charge is 0.312 e. The number of Topliss-reactive ketones (excluding diaryl/α,β-unsaturated/α-hetero) is 1. The van der Waals surface area contributed by atoms with Crippen molar-refractivity contribution in [3.8, 4) is 0 Å². The molecule has 0 spiro atoms. The molecule has 114 valence electrons. The molecule has 0 N–H and O–H groups in total. The van der Waals surface area contributed by atoms with Crippen LogP contribution in [0.4, 0.5) is 0 Å². The topological polar surface area (TPSA) is 52.6 Å². The van der Waals surface area contributed by atoms with Crippen LogP contribution in [0.1, 0.15) is 23.0 Å². The van der Waals surface area contributed by atoms with E-state index in [0.717, 1.165) is 11.1 Å². The molecule has 4 rings (SSSR count). The maximum Gasteiger partial charge on any atom is 0.338 e.